The predicted octanol–water partition coefficient (Wildman–Crippen LogP) is 3.20. The summed E-state index contributed by atoms with van der Waals surface area (Å²) in [6.07, 6.45) is 3.76. The molecule has 0 saturated heterocycles. The Morgan fingerprint density at radius 1 is 1.22 bits per heavy atom. The molecule has 0 aliphatic rings. The quantitative estimate of drug-likeness (QED) is 0.733. The third-order valence-electron chi connectivity index (χ3n) is 3.56. The van der Waals surface area contributed by atoms with E-state index in [2.05, 4.69) is 58.3 Å². The number of anilines is 3. The molecular formula is C18H27N5. The highest BCUT2D eigenvalue weighted by atomic mass is 15.2. The number of nitrogen functional groups attached to an aromatic ring is 1. The third-order valence-corrected chi connectivity index (χ3v) is 3.56. The molecule has 0 atom stereocenters. The van der Waals surface area contributed by atoms with Crippen molar-refractivity contribution in [1.82, 2.24) is 9.97 Å². The van der Waals surface area contributed by atoms with Gasteiger partial charge >= 0.3 is 0 Å². The fraction of sp³-hybridized carbons (Fsp3) is 0.444. The summed E-state index contributed by atoms with van der Waals surface area (Å²) in [5, 5.41) is 3.29. The Labute approximate surface area is 138 Å². The summed E-state index contributed by atoms with van der Waals surface area (Å²) in [4.78, 5) is 10.9. The van der Waals surface area contributed by atoms with E-state index in [4.69, 9.17) is 5.73 Å². The van der Waals surface area contributed by atoms with Gasteiger partial charge < -0.3 is 16.0 Å². The summed E-state index contributed by atoms with van der Waals surface area (Å²) in [6, 6.07) is 10.5. The first kappa shape index (κ1) is 17.1. The smallest absolute Gasteiger partial charge is 0.224 e. The van der Waals surface area contributed by atoms with Gasteiger partial charge in [-0.1, -0.05) is 44.2 Å². The molecule has 5 heteroatoms. The van der Waals surface area contributed by atoms with Crippen LogP contribution in [0.15, 0.2) is 36.5 Å². The molecule has 124 valence electrons. The summed E-state index contributed by atoms with van der Waals surface area (Å²) in [5.41, 5.74) is 7.97. The highest BCUT2D eigenvalue weighted by molar-refractivity contribution is 5.62. The van der Waals surface area contributed by atoms with Gasteiger partial charge in [-0.25, -0.2) is 4.98 Å². The fourth-order valence-electron chi connectivity index (χ4n) is 2.54. The Morgan fingerprint density at radius 3 is 2.65 bits per heavy atom. The average Bonchev–Trinajstić information content (AvgIpc) is 2.53. The minimum absolute atomic E-state index is 0.552. The molecule has 0 amide bonds. The number of aryl methyl sites for hydroxylation is 1. The number of rotatable bonds is 8. The van der Waals surface area contributed by atoms with Crippen LogP contribution in [0.5, 0.6) is 0 Å². The van der Waals surface area contributed by atoms with Crippen LogP contribution in [0.1, 0.15) is 25.8 Å². The Kier molecular flexibility index (Phi) is 6.20. The fourth-order valence-corrected chi connectivity index (χ4v) is 2.54. The van der Waals surface area contributed by atoms with Crippen molar-refractivity contribution >= 4 is 17.5 Å². The Hall–Kier alpha value is -2.30. The third kappa shape index (κ3) is 5.43. The van der Waals surface area contributed by atoms with E-state index in [1.165, 1.54) is 5.56 Å². The van der Waals surface area contributed by atoms with E-state index >= 15 is 0 Å². The second-order valence-corrected chi connectivity index (χ2v) is 6.26. The molecular weight excluding hydrogens is 286 g/mol. The van der Waals surface area contributed by atoms with Crippen LogP contribution >= 0.6 is 0 Å². The van der Waals surface area contributed by atoms with Crippen molar-refractivity contribution in [3.05, 3.63) is 42.1 Å². The Balaban J connectivity index is 1.88. The largest absolute Gasteiger partial charge is 0.394 e. The standard InChI is InChI=1S/C18H27N5/c1-14(2)13-23(3)17-16(19)12-21-18(22-17)20-11-7-10-15-8-5-4-6-9-15/h4-6,8-9,12,14H,7,10-11,13,19H2,1-3H3,(H,20,21,22). The van der Waals surface area contributed by atoms with E-state index in [1.54, 1.807) is 6.20 Å². The molecule has 1 aromatic carbocycles. The zero-order valence-corrected chi connectivity index (χ0v) is 14.3. The van der Waals surface area contributed by atoms with Crippen LogP contribution in [0.2, 0.25) is 0 Å². The molecule has 0 aliphatic carbocycles. The van der Waals surface area contributed by atoms with E-state index < -0.39 is 0 Å². The number of aromatic nitrogens is 2. The molecule has 0 fully saturated rings. The first-order valence-electron chi connectivity index (χ1n) is 8.17. The second kappa shape index (κ2) is 8.36. The highest BCUT2D eigenvalue weighted by Gasteiger charge is 2.10. The molecule has 2 aromatic rings. The molecule has 0 aliphatic heterocycles. The van der Waals surface area contributed by atoms with Crippen LogP contribution in [-0.4, -0.2) is 30.1 Å². The van der Waals surface area contributed by atoms with Crippen LogP contribution in [0.25, 0.3) is 0 Å². The maximum atomic E-state index is 6.00. The second-order valence-electron chi connectivity index (χ2n) is 6.26. The van der Waals surface area contributed by atoms with Crippen LogP contribution in [-0.2, 0) is 6.42 Å². The van der Waals surface area contributed by atoms with Crippen LogP contribution in [0, 0.1) is 5.92 Å². The number of nitrogens with zero attached hydrogens (tertiary/aromatic N) is 3. The lowest BCUT2D eigenvalue weighted by Crippen LogP contribution is -2.25. The van der Waals surface area contributed by atoms with Gasteiger partial charge in [0.25, 0.3) is 0 Å². The van der Waals surface area contributed by atoms with Crippen molar-refractivity contribution in [3.63, 3.8) is 0 Å². The number of hydrogen-bond acceptors (Lipinski definition) is 5. The van der Waals surface area contributed by atoms with E-state index in [9.17, 15) is 0 Å². The Bertz CT molecular complexity index is 598. The minimum atomic E-state index is 0.552. The molecule has 1 aromatic heterocycles. The van der Waals surface area contributed by atoms with Crippen molar-refractivity contribution in [3.8, 4) is 0 Å². The SMILES string of the molecule is CC(C)CN(C)c1nc(NCCCc2ccccc2)ncc1N. The van der Waals surface area contributed by atoms with E-state index in [0.717, 1.165) is 31.7 Å². The molecule has 0 unspecified atom stereocenters. The van der Waals surface area contributed by atoms with Crippen molar-refractivity contribution in [2.75, 3.05) is 36.1 Å². The molecule has 0 saturated carbocycles. The molecule has 23 heavy (non-hydrogen) atoms. The summed E-state index contributed by atoms with van der Waals surface area (Å²) < 4.78 is 0. The van der Waals surface area contributed by atoms with Gasteiger partial charge in [-0.15, -0.1) is 0 Å². The normalized spacial score (nSPS) is 10.8. The van der Waals surface area contributed by atoms with Gasteiger partial charge in [-0.05, 0) is 24.3 Å². The van der Waals surface area contributed by atoms with Crippen LogP contribution in [0.4, 0.5) is 17.5 Å². The van der Waals surface area contributed by atoms with Gasteiger partial charge in [0.15, 0.2) is 5.82 Å². The molecule has 0 bridgehead atoms. The highest BCUT2D eigenvalue weighted by Crippen LogP contribution is 2.20. The van der Waals surface area contributed by atoms with E-state index in [0.29, 0.717) is 17.6 Å². The maximum absolute atomic E-state index is 6.00. The maximum Gasteiger partial charge on any atom is 0.224 e. The van der Waals surface area contributed by atoms with Crippen molar-refractivity contribution in [1.29, 1.82) is 0 Å². The predicted molar refractivity (Wildman–Crippen MR) is 97.8 cm³/mol. The average molecular weight is 313 g/mol. The summed E-state index contributed by atoms with van der Waals surface area (Å²) in [7, 11) is 2.01. The molecule has 5 nitrogen and oxygen atoms in total. The number of nitrogens with one attached hydrogen (secondary N) is 1. The molecule has 0 spiro atoms. The summed E-state index contributed by atoms with van der Waals surface area (Å²) in [6.45, 7) is 6.11. The lowest BCUT2D eigenvalue weighted by atomic mass is 10.1. The number of benzene rings is 1. The van der Waals surface area contributed by atoms with Crippen molar-refractivity contribution in [2.45, 2.75) is 26.7 Å². The summed E-state index contributed by atoms with van der Waals surface area (Å²) in [5.74, 6) is 1.98. The lowest BCUT2D eigenvalue weighted by Gasteiger charge is -2.22. The van der Waals surface area contributed by atoms with E-state index in [-0.39, 0.29) is 0 Å². The van der Waals surface area contributed by atoms with Gasteiger partial charge in [-0.2, -0.15) is 4.98 Å². The molecule has 1 heterocycles. The first-order chi connectivity index (χ1) is 11.1. The number of hydrogen-bond donors (Lipinski definition) is 2. The molecule has 3 N–H and O–H groups in total. The van der Waals surface area contributed by atoms with Crippen LogP contribution in [0.3, 0.4) is 0 Å². The molecule has 2 rings (SSSR count). The Morgan fingerprint density at radius 2 is 1.96 bits per heavy atom. The summed E-state index contributed by atoms with van der Waals surface area (Å²) >= 11 is 0. The van der Waals surface area contributed by atoms with Crippen molar-refractivity contribution < 1.29 is 0 Å². The van der Waals surface area contributed by atoms with Gasteiger partial charge in [0.2, 0.25) is 5.95 Å². The van der Waals surface area contributed by atoms with Crippen molar-refractivity contribution in [2.24, 2.45) is 5.92 Å². The minimum Gasteiger partial charge on any atom is -0.394 e. The first-order valence-corrected chi connectivity index (χ1v) is 8.17. The van der Waals surface area contributed by atoms with Gasteiger partial charge in [-0.3, -0.25) is 0 Å². The van der Waals surface area contributed by atoms with Gasteiger partial charge in [0.05, 0.1) is 11.9 Å². The molecule has 0 radical (unpaired) electrons. The van der Waals surface area contributed by atoms with Gasteiger partial charge in [0.1, 0.15) is 0 Å². The van der Waals surface area contributed by atoms with Gasteiger partial charge in [0, 0.05) is 20.1 Å². The van der Waals surface area contributed by atoms with E-state index in [1.807, 2.05) is 13.1 Å². The van der Waals surface area contributed by atoms with Crippen LogP contribution < -0.4 is 16.0 Å². The topological polar surface area (TPSA) is 67.1 Å². The zero-order chi connectivity index (χ0) is 16.7. The lowest BCUT2D eigenvalue weighted by molar-refractivity contribution is 0.635. The zero-order valence-electron chi connectivity index (χ0n) is 14.3. The monoisotopic (exact) mass is 313 g/mol. The number of nitrogens with two attached hydrogens (primary N) is 1.